The van der Waals surface area contributed by atoms with Crippen LogP contribution < -0.4 is 10.6 Å². The van der Waals surface area contributed by atoms with Crippen LogP contribution >= 0.6 is 0 Å². The smallest absolute Gasteiger partial charge is 0.0548 e. The summed E-state index contributed by atoms with van der Waals surface area (Å²) < 4.78 is 9.75. The molecule has 1 aliphatic carbocycles. The molecule has 0 bridgehead atoms. The Bertz CT molecular complexity index is 4140. The van der Waals surface area contributed by atoms with E-state index in [4.69, 9.17) is 0 Å². The molecule has 4 nitrogen and oxygen atoms in total. The number of nitrogens with zero attached hydrogens (tertiary/aromatic N) is 4. The second-order valence-corrected chi connectivity index (χ2v) is 17.2. The number of rotatable bonds is 5. The van der Waals surface area contributed by atoms with Gasteiger partial charge in [0.05, 0.1) is 38.6 Å². The SMILES string of the molecule is C1=c2c(n(-c3ccccc3)c3cc4c5ccccc5n(-c5ccc(-c6ccc(-n7c8ccccc8c8cc9c(cc87)c7ccccc7n9-c7ccccc7)cc6)cc5)c4cc23)=CCC1. The number of fused-ring (bicyclic) bond motifs is 12. The van der Waals surface area contributed by atoms with Crippen molar-refractivity contribution < 1.29 is 0 Å². The first-order valence-electron chi connectivity index (χ1n) is 22.3. The number of aromatic nitrogens is 4. The summed E-state index contributed by atoms with van der Waals surface area (Å²) in [6.45, 7) is 0. The van der Waals surface area contributed by atoms with Crippen LogP contribution in [0.1, 0.15) is 12.8 Å². The molecule has 0 radical (unpaired) electrons. The summed E-state index contributed by atoms with van der Waals surface area (Å²) in [7, 11) is 0. The lowest BCUT2D eigenvalue weighted by Gasteiger charge is -2.12. The highest BCUT2D eigenvalue weighted by Gasteiger charge is 2.20. The Morgan fingerprint density at radius 1 is 0.250 bits per heavy atom. The fourth-order valence-corrected chi connectivity index (χ4v) is 11.0. The molecule has 4 aromatic heterocycles. The Balaban J connectivity index is 0.880. The van der Waals surface area contributed by atoms with Crippen molar-refractivity contribution in [3.05, 3.63) is 217 Å². The van der Waals surface area contributed by atoms with E-state index < -0.39 is 0 Å². The number of hydrogen-bond acceptors (Lipinski definition) is 0. The molecule has 4 heterocycles. The summed E-state index contributed by atoms with van der Waals surface area (Å²) in [5.74, 6) is 0. The molecule has 0 N–H and O–H groups in total. The minimum absolute atomic E-state index is 1.06. The van der Waals surface area contributed by atoms with Crippen molar-refractivity contribution in [2.45, 2.75) is 12.8 Å². The summed E-state index contributed by atoms with van der Waals surface area (Å²) in [6, 6.07) is 75.9. The van der Waals surface area contributed by atoms with Crippen LogP contribution in [-0.4, -0.2) is 18.3 Å². The maximum atomic E-state index is 2.46. The van der Waals surface area contributed by atoms with Crippen LogP contribution in [0.25, 0.3) is 122 Å². The normalized spacial score (nSPS) is 12.8. The zero-order valence-electron chi connectivity index (χ0n) is 35.0. The second kappa shape index (κ2) is 13.6. The van der Waals surface area contributed by atoms with Gasteiger partial charge in [-0.15, -0.1) is 0 Å². The molecule has 9 aromatic carbocycles. The third-order valence-corrected chi connectivity index (χ3v) is 13.8. The molecule has 64 heavy (non-hydrogen) atoms. The predicted octanol–water partition coefficient (Wildman–Crippen LogP) is 13.9. The number of para-hydroxylation sites is 5. The molecule has 0 saturated carbocycles. The van der Waals surface area contributed by atoms with E-state index in [1.165, 1.54) is 109 Å². The van der Waals surface area contributed by atoms with Crippen LogP contribution in [0.3, 0.4) is 0 Å². The van der Waals surface area contributed by atoms with Gasteiger partial charge in [-0.2, -0.15) is 0 Å². The van der Waals surface area contributed by atoms with Crippen LogP contribution in [0.5, 0.6) is 0 Å². The maximum Gasteiger partial charge on any atom is 0.0548 e. The van der Waals surface area contributed by atoms with Gasteiger partial charge < -0.3 is 18.3 Å². The van der Waals surface area contributed by atoms with E-state index in [2.05, 4.69) is 237 Å². The van der Waals surface area contributed by atoms with Crippen LogP contribution in [0.15, 0.2) is 206 Å². The average molecular weight is 817 g/mol. The molecule has 0 aliphatic heterocycles. The second-order valence-electron chi connectivity index (χ2n) is 17.2. The minimum Gasteiger partial charge on any atom is -0.310 e. The largest absolute Gasteiger partial charge is 0.310 e. The molecular formula is C60H40N4. The summed E-state index contributed by atoms with van der Waals surface area (Å²) in [5.41, 5.74) is 15.6. The summed E-state index contributed by atoms with van der Waals surface area (Å²) in [4.78, 5) is 0. The van der Waals surface area contributed by atoms with Gasteiger partial charge in [-0.1, -0.05) is 127 Å². The van der Waals surface area contributed by atoms with Crippen LogP contribution in [0.4, 0.5) is 0 Å². The van der Waals surface area contributed by atoms with E-state index in [0.29, 0.717) is 0 Å². The standard InChI is InChI=1S/C60H40N4/c1-3-15-41(16-4-1)61-53-23-11-7-19-45(53)49-37-59-51(35-57(49)61)47-21-9-13-25-55(47)63(59)43-31-27-39(28-32-43)40-29-33-44(34-30-40)64-56-26-14-10-22-48(56)52-36-58-50(38-60(52)64)46-20-8-12-24-54(46)62(58)42-17-5-2-6-18-42/h1-7,9-11,13-38H,8,12H2. The fraction of sp³-hybridized carbons (Fsp3) is 0.0333. The predicted molar refractivity (Wildman–Crippen MR) is 269 cm³/mol. The van der Waals surface area contributed by atoms with Crippen molar-refractivity contribution in [2.24, 2.45) is 0 Å². The fourth-order valence-electron chi connectivity index (χ4n) is 11.0. The molecule has 300 valence electrons. The van der Waals surface area contributed by atoms with Gasteiger partial charge in [-0.05, 0) is 115 Å². The Labute approximate surface area is 368 Å². The third-order valence-electron chi connectivity index (χ3n) is 13.8. The molecule has 1 aliphatic rings. The van der Waals surface area contributed by atoms with Crippen LogP contribution in [-0.2, 0) is 0 Å². The molecule has 0 spiro atoms. The molecule has 14 rings (SSSR count). The molecule has 0 unspecified atom stereocenters. The van der Waals surface area contributed by atoms with Gasteiger partial charge >= 0.3 is 0 Å². The summed E-state index contributed by atoms with van der Waals surface area (Å²) in [5, 5.41) is 11.5. The van der Waals surface area contributed by atoms with E-state index in [1.54, 1.807) is 0 Å². The van der Waals surface area contributed by atoms with E-state index in [-0.39, 0.29) is 0 Å². The van der Waals surface area contributed by atoms with E-state index in [1.807, 2.05) is 0 Å². The zero-order chi connectivity index (χ0) is 41.9. The highest BCUT2D eigenvalue weighted by molar-refractivity contribution is 6.19. The van der Waals surface area contributed by atoms with E-state index >= 15 is 0 Å². The van der Waals surface area contributed by atoms with Crippen molar-refractivity contribution >= 4 is 88.5 Å². The molecule has 13 aromatic rings. The maximum absolute atomic E-state index is 2.46. The van der Waals surface area contributed by atoms with Crippen molar-refractivity contribution in [2.75, 3.05) is 0 Å². The molecule has 0 atom stereocenters. The first-order chi connectivity index (χ1) is 31.8. The van der Waals surface area contributed by atoms with E-state index in [9.17, 15) is 0 Å². The lowest BCUT2D eigenvalue weighted by atomic mass is 10.0. The van der Waals surface area contributed by atoms with E-state index in [0.717, 1.165) is 24.2 Å². The first kappa shape index (κ1) is 35.3. The third kappa shape index (κ3) is 5.05. The Hall–Kier alpha value is -8.34. The zero-order valence-corrected chi connectivity index (χ0v) is 35.0. The Morgan fingerprint density at radius 3 is 1.05 bits per heavy atom. The number of benzene rings is 9. The van der Waals surface area contributed by atoms with Gasteiger partial charge in [0.2, 0.25) is 0 Å². The van der Waals surface area contributed by atoms with Gasteiger partial charge in [-0.3, -0.25) is 0 Å². The summed E-state index contributed by atoms with van der Waals surface area (Å²) >= 11 is 0. The lowest BCUT2D eigenvalue weighted by molar-refractivity contribution is 1.02. The van der Waals surface area contributed by atoms with Gasteiger partial charge in [0.1, 0.15) is 0 Å². The minimum atomic E-state index is 1.06. The van der Waals surface area contributed by atoms with Crippen molar-refractivity contribution in [3.8, 4) is 33.9 Å². The van der Waals surface area contributed by atoms with Gasteiger partial charge in [0, 0.05) is 71.0 Å². The Morgan fingerprint density at radius 2 is 0.594 bits per heavy atom. The van der Waals surface area contributed by atoms with Crippen molar-refractivity contribution in [1.82, 2.24) is 18.3 Å². The quantitative estimate of drug-likeness (QED) is 0.165. The van der Waals surface area contributed by atoms with Crippen LogP contribution in [0, 0.1) is 0 Å². The first-order valence-corrected chi connectivity index (χ1v) is 22.3. The molecule has 0 saturated heterocycles. The average Bonchev–Trinajstić information content (AvgIpc) is 4.08. The topological polar surface area (TPSA) is 19.7 Å². The highest BCUT2D eigenvalue weighted by atomic mass is 15.0. The van der Waals surface area contributed by atoms with Crippen molar-refractivity contribution in [1.29, 1.82) is 0 Å². The number of hydrogen-bond donors (Lipinski definition) is 0. The molecular weight excluding hydrogens is 777 g/mol. The van der Waals surface area contributed by atoms with Gasteiger partial charge in [0.25, 0.3) is 0 Å². The van der Waals surface area contributed by atoms with Gasteiger partial charge in [0.15, 0.2) is 0 Å². The lowest BCUT2D eigenvalue weighted by Crippen LogP contribution is -2.30. The van der Waals surface area contributed by atoms with Gasteiger partial charge in [-0.25, -0.2) is 0 Å². The monoisotopic (exact) mass is 816 g/mol. The molecule has 0 fully saturated rings. The molecule has 0 amide bonds. The summed E-state index contributed by atoms with van der Waals surface area (Å²) in [6.07, 6.45) is 6.97. The highest BCUT2D eigenvalue weighted by Crippen LogP contribution is 2.40. The van der Waals surface area contributed by atoms with Crippen molar-refractivity contribution in [3.63, 3.8) is 0 Å². The Kier molecular flexibility index (Phi) is 7.48. The van der Waals surface area contributed by atoms with Crippen LogP contribution in [0.2, 0.25) is 0 Å². The molecule has 4 heteroatoms.